The van der Waals surface area contributed by atoms with E-state index < -0.39 is 6.10 Å². The molecule has 0 unspecified atom stereocenters. The number of hydrogen-bond donors (Lipinski definition) is 4. The van der Waals surface area contributed by atoms with Crippen LogP contribution in [0.15, 0.2) is 0 Å². The van der Waals surface area contributed by atoms with E-state index in [1.807, 2.05) is 13.8 Å². The zero-order chi connectivity index (χ0) is 17.1. The Morgan fingerprint density at radius 3 is 2.54 bits per heavy atom. The zero-order valence-corrected chi connectivity index (χ0v) is 17.1. The number of amides is 1. The summed E-state index contributed by atoms with van der Waals surface area (Å²) in [4.78, 5) is 11.8. The maximum absolute atomic E-state index is 11.8. The van der Waals surface area contributed by atoms with E-state index in [1.54, 1.807) is 0 Å². The van der Waals surface area contributed by atoms with Crippen LogP contribution in [0.5, 0.6) is 0 Å². The van der Waals surface area contributed by atoms with Gasteiger partial charge in [0, 0.05) is 25.0 Å². The van der Waals surface area contributed by atoms with Crippen molar-refractivity contribution in [1.82, 2.24) is 16.0 Å². The van der Waals surface area contributed by atoms with Gasteiger partial charge in [-0.15, -0.1) is 24.8 Å². The first-order valence-electron chi connectivity index (χ1n) is 9.25. The van der Waals surface area contributed by atoms with E-state index in [1.165, 1.54) is 0 Å². The molecule has 0 bridgehead atoms. The smallest absolute Gasteiger partial charge is 0.222 e. The third-order valence-electron chi connectivity index (χ3n) is 5.09. The lowest BCUT2D eigenvalue weighted by molar-refractivity contribution is -0.125. The molecule has 4 N–H and O–H groups in total. The number of hydrogen-bond acceptors (Lipinski definition) is 6. The number of rotatable bonds is 6. The van der Waals surface area contributed by atoms with Crippen LogP contribution in [0, 0.1) is 0 Å². The molecule has 3 heterocycles. The average molecular weight is 414 g/mol. The monoisotopic (exact) mass is 413 g/mol. The summed E-state index contributed by atoms with van der Waals surface area (Å²) in [6, 6.07) is 0.626. The minimum atomic E-state index is -0.623. The molecule has 7 nitrogen and oxygen atoms in total. The summed E-state index contributed by atoms with van der Waals surface area (Å²) in [6.45, 7) is 6.62. The number of carbonyl (C=O) groups is 1. The first-order chi connectivity index (χ1) is 11.5. The molecule has 3 aliphatic rings. The molecule has 0 aromatic rings. The third-order valence-corrected chi connectivity index (χ3v) is 5.09. The van der Waals surface area contributed by atoms with Crippen LogP contribution in [0.2, 0.25) is 0 Å². The highest BCUT2D eigenvalue weighted by Crippen LogP contribution is 2.35. The van der Waals surface area contributed by atoms with Crippen molar-refractivity contribution in [2.24, 2.45) is 0 Å². The molecule has 0 radical (unpaired) electrons. The van der Waals surface area contributed by atoms with Gasteiger partial charge < -0.3 is 30.5 Å². The quantitative estimate of drug-likeness (QED) is 0.502. The van der Waals surface area contributed by atoms with Crippen LogP contribution >= 0.6 is 24.8 Å². The lowest BCUT2D eigenvalue weighted by Gasteiger charge is -2.26. The topological polar surface area (TPSA) is 91.9 Å². The second-order valence-corrected chi connectivity index (χ2v) is 7.52. The minimum absolute atomic E-state index is 0. The minimum Gasteiger partial charge on any atom is -0.388 e. The number of aliphatic hydroxyl groups excluding tert-OH is 1. The van der Waals surface area contributed by atoms with Crippen molar-refractivity contribution >= 4 is 30.7 Å². The van der Waals surface area contributed by atoms with Gasteiger partial charge in [0.25, 0.3) is 0 Å². The van der Waals surface area contributed by atoms with Crippen LogP contribution in [0.1, 0.15) is 39.5 Å². The Morgan fingerprint density at radius 2 is 1.92 bits per heavy atom. The highest BCUT2D eigenvalue weighted by Gasteiger charge is 2.50. The molecular weight excluding hydrogens is 381 g/mol. The molecule has 0 aromatic heterocycles. The van der Waals surface area contributed by atoms with Gasteiger partial charge in [-0.05, 0) is 39.8 Å². The van der Waals surface area contributed by atoms with Gasteiger partial charge >= 0.3 is 0 Å². The zero-order valence-electron chi connectivity index (χ0n) is 15.5. The Balaban J connectivity index is 0.00000169. The summed E-state index contributed by atoms with van der Waals surface area (Å²) >= 11 is 0. The maximum atomic E-state index is 11.8. The van der Waals surface area contributed by atoms with Crippen LogP contribution in [-0.2, 0) is 14.3 Å². The average Bonchev–Trinajstić information content (AvgIpc) is 3.04. The molecule has 0 aromatic carbocycles. The van der Waals surface area contributed by atoms with E-state index in [9.17, 15) is 9.90 Å². The van der Waals surface area contributed by atoms with Gasteiger partial charge in [-0.2, -0.15) is 0 Å². The lowest BCUT2D eigenvalue weighted by atomic mass is 10.0. The number of aliphatic hydroxyl groups is 1. The normalized spacial score (nSPS) is 34.1. The summed E-state index contributed by atoms with van der Waals surface area (Å²) < 4.78 is 11.9. The van der Waals surface area contributed by atoms with E-state index in [0.717, 1.165) is 25.9 Å². The first kappa shape index (κ1) is 23.9. The highest BCUT2D eigenvalue weighted by molar-refractivity contribution is 5.85. The van der Waals surface area contributed by atoms with Crippen molar-refractivity contribution in [3.8, 4) is 0 Å². The van der Waals surface area contributed by atoms with Crippen molar-refractivity contribution in [3.63, 3.8) is 0 Å². The largest absolute Gasteiger partial charge is 0.388 e. The predicted octanol–water partition coefficient (Wildman–Crippen LogP) is 0.372. The van der Waals surface area contributed by atoms with E-state index in [4.69, 9.17) is 9.47 Å². The number of ether oxygens (including phenoxy) is 2. The highest BCUT2D eigenvalue weighted by atomic mass is 35.5. The van der Waals surface area contributed by atoms with E-state index in [0.29, 0.717) is 25.4 Å². The van der Waals surface area contributed by atoms with Crippen molar-refractivity contribution < 1.29 is 19.4 Å². The fraction of sp³-hybridized carbons (Fsp3) is 0.941. The molecule has 3 saturated heterocycles. The van der Waals surface area contributed by atoms with Crippen LogP contribution in [0.25, 0.3) is 0 Å². The van der Waals surface area contributed by atoms with Gasteiger partial charge in [-0.1, -0.05) is 0 Å². The Labute approximate surface area is 168 Å². The van der Waals surface area contributed by atoms with Gasteiger partial charge in [0.1, 0.15) is 12.2 Å². The van der Waals surface area contributed by atoms with Crippen LogP contribution in [0.3, 0.4) is 0 Å². The van der Waals surface area contributed by atoms with Gasteiger partial charge in [-0.3, -0.25) is 4.79 Å². The summed E-state index contributed by atoms with van der Waals surface area (Å²) in [5.41, 5.74) is 0. The number of piperidine rings is 1. The Kier molecular flexibility index (Phi) is 10.1. The molecule has 3 fully saturated rings. The second kappa shape index (κ2) is 11.0. The SMILES string of the molecule is CC(C)NC(=O)C[C@@H]1C[C@H]2O[C@H](CNC3CCNCC3)[C@@H](O)[C@H]2O1.Cl.Cl. The van der Waals surface area contributed by atoms with Gasteiger partial charge in [0.2, 0.25) is 5.91 Å². The van der Waals surface area contributed by atoms with Gasteiger partial charge in [0.15, 0.2) is 0 Å². The molecule has 26 heavy (non-hydrogen) atoms. The molecule has 5 atom stereocenters. The standard InChI is InChI=1S/C17H31N3O4.2ClH/c1-10(2)20-15(21)8-12-7-13-17(23-12)16(22)14(24-13)9-19-11-3-5-18-6-4-11;;/h10-14,16-19,22H,3-9H2,1-2H3,(H,20,21);2*1H/t12-,13+,14+,16+,17-;;/m0../s1. The van der Waals surface area contributed by atoms with Crippen LogP contribution in [-0.4, -0.2) is 73.3 Å². The van der Waals surface area contributed by atoms with Crippen LogP contribution in [0.4, 0.5) is 0 Å². The van der Waals surface area contributed by atoms with Gasteiger partial charge in [0.05, 0.1) is 24.7 Å². The van der Waals surface area contributed by atoms with Crippen molar-refractivity contribution in [2.45, 2.75) is 82.1 Å². The lowest BCUT2D eigenvalue weighted by Crippen LogP contribution is -2.45. The first-order valence-corrected chi connectivity index (χ1v) is 9.25. The Hall–Kier alpha value is -0.150. The summed E-state index contributed by atoms with van der Waals surface area (Å²) in [5.74, 6) is -0.00594. The van der Waals surface area contributed by atoms with Crippen molar-refractivity contribution in [1.29, 1.82) is 0 Å². The molecule has 154 valence electrons. The molecule has 0 spiro atoms. The Morgan fingerprint density at radius 1 is 1.23 bits per heavy atom. The molecule has 0 saturated carbocycles. The molecule has 3 rings (SSSR count). The summed E-state index contributed by atoms with van der Waals surface area (Å²) in [7, 11) is 0. The molecule has 0 aliphatic carbocycles. The number of halogens is 2. The molecule has 3 aliphatic heterocycles. The maximum Gasteiger partial charge on any atom is 0.222 e. The third kappa shape index (κ3) is 6.19. The summed E-state index contributed by atoms with van der Waals surface area (Å²) in [6.07, 6.45) is 1.82. The van der Waals surface area contributed by atoms with E-state index >= 15 is 0 Å². The van der Waals surface area contributed by atoms with Crippen LogP contribution < -0.4 is 16.0 Å². The van der Waals surface area contributed by atoms with Crippen molar-refractivity contribution in [2.75, 3.05) is 19.6 Å². The molecular formula is C17H33Cl2N3O4. The molecule has 1 amide bonds. The number of fused-ring (bicyclic) bond motifs is 1. The number of carbonyl (C=O) groups excluding carboxylic acids is 1. The second-order valence-electron chi connectivity index (χ2n) is 7.52. The van der Waals surface area contributed by atoms with Crippen molar-refractivity contribution in [3.05, 3.63) is 0 Å². The van der Waals surface area contributed by atoms with Gasteiger partial charge in [-0.25, -0.2) is 0 Å². The Bertz CT molecular complexity index is 438. The molecule has 9 heteroatoms. The number of nitrogens with one attached hydrogen (secondary N) is 3. The van der Waals surface area contributed by atoms with E-state index in [2.05, 4.69) is 16.0 Å². The fourth-order valence-electron chi connectivity index (χ4n) is 3.91. The van der Waals surface area contributed by atoms with E-state index in [-0.39, 0.29) is 61.2 Å². The fourth-order valence-corrected chi connectivity index (χ4v) is 3.91. The summed E-state index contributed by atoms with van der Waals surface area (Å²) in [5, 5.41) is 20.2. The predicted molar refractivity (Wildman–Crippen MR) is 104 cm³/mol.